The second-order valence-corrected chi connectivity index (χ2v) is 6.48. The highest BCUT2D eigenvalue weighted by Gasteiger charge is 2.25. The molecule has 1 rings (SSSR count). The molecule has 0 aliphatic carbocycles. The number of hydrogen-bond donors (Lipinski definition) is 2. The van der Waals surface area contributed by atoms with Gasteiger partial charge in [0.2, 0.25) is 0 Å². The summed E-state index contributed by atoms with van der Waals surface area (Å²) in [7, 11) is 0. The number of carbonyl (C=O) groups is 1. The molecule has 1 aromatic heterocycles. The van der Waals surface area contributed by atoms with Crippen molar-refractivity contribution in [2.75, 3.05) is 6.54 Å². The Labute approximate surface area is 107 Å². The van der Waals surface area contributed by atoms with Gasteiger partial charge in [0.15, 0.2) is 0 Å². The van der Waals surface area contributed by atoms with Gasteiger partial charge in [0.25, 0.3) is 5.91 Å². The molecule has 0 saturated heterocycles. The van der Waals surface area contributed by atoms with Crippen molar-refractivity contribution in [3.63, 3.8) is 0 Å². The van der Waals surface area contributed by atoms with Gasteiger partial charge in [-0.25, -0.2) is 0 Å². The van der Waals surface area contributed by atoms with E-state index in [0.717, 1.165) is 9.75 Å². The highest BCUT2D eigenvalue weighted by molar-refractivity contribution is 7.12. The molecular weight excluding hydrogens is 234 g/mol. The average molecular weight is 255 g/mol. The highest BCUT2D eigenvalue weighted by Crippen LogP contribution is 2.21. The molecule has 1 atom stereocenters. The summed E-state index contributed by atoms with van der Waals surface area (Å²) in [4.78, 5) is 14.1. The van der Waals surface area contributed by atoms with Crippen molar-refractivity contribution in [3.05, 3.63) is 21.4 Å². The number of amides is 1. The molecule has 0 bridgehead atoms. The van der Waals surface area contributed by atoms with Crippen LogP contribution in [-0.4, -0.2) is 23.2 Å². The van der Waals surface area contributed by atoms with Gasteiger partial charge in [-0.2, -0.15) is 0 Å². The summed E-state index contributed by atoms with van der Waals surface area (Å²) in [5.41, 5.74) is -0.152. The van der Waals surface area contributed by atoms with Crippen molar-refractivity contribution >= 4 is 17.2 Å². The molecule has 0 spiro atoms. The van der Waals surface area contributed by atoms with Crippen molar-refractivity contribution in [2.24, 2.45) is 5.92 Å². The first-order chi connectivity index (χ1) is 7.74. The van der Waals surface area contributed by atoms with E-state index in [9.17, 15) is 9.90 Å². The number of hydrogen-bond acceptors (Lipinski definition) is 3. The van der Waals surface area contributed by atoms with E-state index in [1.807, 2.05) is 33.8 Å². The Morgan fingerprint density at radius 1 is 1.53 bits per heavy atom. The molecule has 0 aliphatic heterocycles. The van der Waals surface area contributed by atoms with Crippen LogP contribution in [0.1, 0.15) is 40.9 Å². The molecule has 0 saturated carbocycles. The monoisotopic (exact) mass is 255 g/mol. The van der Waals surface area contributed by atoms with E-state index in [0.29, 0.717) is 5.56 Å². The lowest BCUT2D eigenvalue weighted by molar-refractivity contribution is 0.0142. The molecule has 1 aromatic rings. The second kappa shape index (κ2) is 5.19. The Balaban J connectivity index is 2.65. The third kappa shape index (κ3) is 3.54. The molecule has 0 radical (unpaired) electrons. The maximum Gasteiger partial charge on any atom is 0.252 e. The quantitative estimate of drug-likeness (QED) is 0.868. The SMILES string of the molecule is Cc1cc(C(=O)NCC(C)(O)C(C)C)c(C)s1. The van der Waals surface area contributed by atoms with Crippen LogP contribution in [0.3, 0.4) is 0 Å². The van der Waals surface area contributed by atoms with E-state index in [1.54, 1.807) is 18.3 Å². The van der Waals surface area contributed by atoms with Crippen molar-refractivity contribution < 1.29 is 9.90 Å². The Kier molecular flexibility index (Phi) is 4.33. The summed E-state index contributed by atoms with van der Waals surface area (Å²) in [6, 6.07) is 1.89. The summed E-state index contributed by atoms with van der Waals surface area (Å²) < 4.78 is 0. The second-order valence-electron chi connectivity index (χ2n) is 5.02. The molecule has 1 heterocycles. The van der Waals surface area contributed by atoms with Gasteiger partial charge in [0, 0.05) is 16.3 Å². The zero-order chi connectivity index (χ0) is 13.2. The van der Waals surface area contributed by atoms with Crippen LogP contribution in [0.15, 0.2) is 6.07 Å². The van der Waals surface area contributed by atoms with Crippen LogP contribution < -0.4 is 5.32 Å². The first-order valence-corrected chi connectivity index (χ1v) is 6.63. The van der Waals surface area contributed by atoms with E-state index >= 15 is 0 Å². The lowest BCUT2D eigenvalue weighted by atomic mass is 9.92. The Hall–Kier alpha value is -0.870. The minimum absolute atomic E-state index is 0.104. The van der Waals surface area contributed by atoms with Crippen molar-refractivity contribution in [2.45, 2.75) is 40.2 Å². The number of rotatable bonds is 4. The van der Waals surface area contributed by atoms with Gasteiger partial charge in [-0.15, -0.1) is 11.3 Å². The number of thiophene rings is 1. The Morgan fingerprint density at radius 2 is 2.12 bits per heavy atom. The van der Waals surface area contributed by atoms with Crippen LogP contribution in [0.4, 0.5) is 0 Å². The van der Waals surface area contributed by atoms with Crippen LogP contribution >= 0.6 is 11.3 Å². The minimum atomic E-state index is -0.866. The van der Waals surface area contributed by atoms with E-state index < -0.39 is 5.60 Å². The minimum Gasteiger partial charge on any atom is -0.388 e. The zero-order valence-corrected chi connectivity index (χ0v) is 11.9. The molecule has 4 heteroatoms. The van der Waals surface area contributed by atoms with Crippen LogP contribution in [0.25, 0.3) is 0 Å². The van der Waals surface area contributed by atoms with Gasteiger partial charge in [-0.3, -0.25) is 4.79 Å². The largest absolute Gasteiger partial charge is 0.388 e. The molecule has 1 unspecified atom stereocenters. The first-order valence-electron chi connectivity index (χ1n) is 5.81. The van der Waals surface area contributed by atoms with E-state index in [-0.39, 0.29) is 18.4 Å². The van der Waals surface area contributed by atoms with Crippen LogP contribution in [0.2, 0.25) is 0 Å². The van der Waals surface area contributed by atoms with Gasteiger partial charge in [-0.05, 0) is 32.8 Å². The fourth-order valence-electron chi connectivity index (χ4n) is 1.41. The zero-order valence-electron chi connectivity index (χ0n) is 11.1. The van der Waals surface area contributed by atoms with E-state index in [2.05, 4.69) is 5.32 Å². The molecule has 1 amide bonds. The molecule has 0 aliphatic rings. The standard InChI is InChI=1S/C13H21NO2S/c1-8(2)13(5,16)7-14-12(15)11-6-9(3)17-10(11)4/h6,8,16H,7H2,1-5H3,(H,14,15). The average Bonchev–Trinajstić information content (AvgIpc) is 2.54. The van der Waals surface area contributed by atoms with Crippen molar-refractivity contribution in [1.82, 2.24) is 5.32 Å². The summed E-state index contributed by atoms with van der Waals surface area (Å²) in [5, 5.41) is 12.8. The van der Waals surface area contributed by atoms with Gasteiger partial charge >= 0.3 is 0 Å². The fourth-order valence-corrected chi connectivity index (χ4v) is 2.34. The molecule has 3 nitrogen and oxygen atoms in total. The Bertz CT molecular complexity index is 408. The lowest BCUT2D eigenvalue weighted by Crippen LogP contribution is -2.44. The molecular formula is C13H21NO2S. The van der Waals surface area contributed by atoms with Crippen LogP contribution in [0.5, 0.6) is 0 Å². The molecule has 96 valence electrons. The summed E-state index contributed by atoms with van der Waals surface area (Å²) in [6.45, 7) is 9.81. The van der Waals surface area contributed by atoms with Gasteiger partial charge in [0.05, 0.1) is 11.2 Å². The highest BCUT2D eigenvalue weighted by atomic mass is 32.1. The molecule has 17 heavy (non-hydrogen) atoms. The summed E-state index contributed by atoms with van der Waals surface area (Å²) in [6.07, 6.45) is 0. The number of nitrogens with one attached hydrogen (secondary N) is 1. The predicted octanol–water partition coefficient (Wildman–Crippen LogP) is 2.50. The smallest absolute Gasteiger partial charge is 0.252 e. The van der Waals surface area contributed by atoms with Gasteiger partial charge in [0.1, 0.15) is 0 Å². The number of carbonyl (C=O) groups excluding carboxylic acids is 1. The maximum atomic E-state index is 11.9. The van der Waals surface area contributed by atoms with E-state index in [1.165, 1.54) is 0 Å². The number of aryl methyl sites for hydroxylation is 2. The molecule has 2 N–H and O–H groups in total. The lowest BCUT2D eigenvalue weighted by Gasteiger charge is -2.27. The summed E-state index contributed by atoms with van der Waals surface area (Å²) in [5.74, 6) is 0.000817. The third-order valence-electron chi connectivity index (χ3n) is 3.14. The van der Waals surface area contributed by atoms with Crippen molar-refractivity contribution in [1.29, 1.82) is 0 Å². The topological polar surface area (TPSA) is 49.3 Å². The first kappa shape index (κ1) is 14.2. The fraction of sp³-hybridized carbons (Fsp3) is 0.615. The number of aliphatic hydroxyl groups is 1. The van der Waals surface area contributed by atoms with Crippen molar-refractivity contribution in [3.8, 4) is 0 Å². The van der Waals surface area contributed by atoms with Crippen LogP contribution in [0, 0.1) is 19.8 Å². The third-order valence-corrected chi connectivity index (χ3v) is 4.10. The van der Waals surface area contributed by atoms with Gasteiger partial charge in [-0.1, -0.05) is 13.8 Å². The maximum absolute atomic E-state index is 11.9. The molecule has 0 fully saturated rings. The predicted molar refractivity (Wildman–Crippen MR) is 71.6 cm³/mol. The van der Waals surface area contributed by atoms with Crippen LogP contribution in [-0.2, 0) is 0 Å². The van der Waals surface area contributed by atoms with Gasteiger partial charge < -0.3 is 10.4 Å². The normalized spacial score (nSPS) is 14.8. The summed E-state index contributed by atoms with van der Waals surface area (Å²) >= 11 is 1.61. The molecule has 0 aromatic carbocycles. The van der Waals surface area contributed by atoms with E-state index in [4.69, 9.17) is 0 Å². The Morgan fingerprint density at radius 3 is 2.53 bits per heavy atom.